The summed E-state index contributed by atoms with van der Waals surface area (Å²) in [5.74, 6) is 1.96. The zero-order chi connectivity index (χ0) is 22.4. The number of furan rings is 1. The summed E-state index contributed by atoms with van der Waals surface area (Å²) in [4.78, 5) is 12.0. The maximum Gasteiger partial charge on any atom is 0.277 e. The van der Waals surface area contributed by atoms with Gasteiger partial charge in [0.25, 0.3) is 5.91 Å². The Hall–Kier alpha value is -3.25. The zero-order valence-electron chi connectivity index (χ0n) is 17.9. The molecule has 3 aromatic rings. The van der Waals surface area contributed by atoms with E-state index in [1.165, 1.54) is 11.8 Å². The number of ether oxygens (including phenoxy) is 2. The lowest BCUT2D eigenvalue weighted by molar-refractivity contribution is -0.123. The number of nitrogens with zero attached hydrogens (tertiary/aromatic N) is 1. The van der Waals surface area contributed by atoms with Gasteiger partial charge in [-0.05, 0) is 53.4 Å². The third-order valence-electron chi connectivity index (χ3n) is 4.53. The maximum atomic E-state index is 12.0. The van der Waals surface area contributed by atoms with Gasteiger partial charge in [-0.25, -0.2) is 5.43 Å². The van der Waals surface area contributed by atoms with E-state index in [1.54, 1.807) is 31.4 Å². The van der Waals surface area contributed by atoms with Crippen LogP contribution in [-0.2, 0) is 10.2 Å². The molecule has 0 spiro atoms. The van der Waals surface area contributed by atoms with E-state index >= 15 is 0 Å². The Morgan fingerprint density at radius 1 is 1.13 bits per heavy atom. The highest BCUT2D eigenvalue weighted by atomic mass is 35.5. The quantitative estimate of drug-likeness (QED) is 0.392. The van der Waals surface area contributed by atoms with Crippen LogP contribution in [0.5, 0.6) is 11.5 Å². The van der Waals surface area contributed by atoms with Crippen molar-refractivity contribution in [2.45, 2.75) is 26.2 Å². The highest BCUT2D eigenvalue weighted by Gasteiger charge is 2.13. The topological polar surface area (TPSA) is 73.1 Å². The van der Waals surface area contributed by atoms with Gasteiger partial charge < -0.3 is 13.9 Å². The van der Waals surface area contributed by atoms with Crippen LogP contribution in [0.25, 0.3) is 11.3 Å². The minimum atomic E-state index is -0.370. The standard InChI is InChI=1S/C24H25ClN2O4/c1-24(2,3)17-6-8-18(9-7-17)30-15-23(28)27-26-14-19-10-12-21(31-19)16-5-11-22(29-4)20(25)13-16/h5-14H,15H2,1-4H3,(H,27,28)/b26-14-. The van der Waals surface area contributed by atoms with Crippen molar-refractivity contribution < 1.29 is 18.7 Å². The van der Waals surface area contributed by atoms with Crippen LogP contribution in [0, 0.1) is 0 Å². The van der Waals surface area contributed by atoms with E-state index in [0.717, 1.165) is 5.56 Å². The summed E-state index contributed by atoms with van der Waals surface area (Å²) in [5.41, 5.74) is 4.49. The summed E-state index contributed by atoms with van der Waals surface area (Å²) in [6.07, 6.45) is 1.42. The van der Waals surface area contributed by atoms with Crippen molar-refractivity contribution in [3.63, 3.8) is 0 Å². The van der Waals surface area contributed by atoms with Gasteiger partial charge in [-0.3, -0.25) is 4.79 Å². The molecule has 0 atom stereocenters. The first kappa shape index (κ1) is 22.4. The summed E-state index contributed by atoms with van der Waals surface area (Å²) in [6.45, 7) is 6.28. The number of hydrogen-bond acceptors (Lipinski definition) is 5. The second-order valence-corrected chi connectivity index (χ2v) is 8.31. The maximum absolute atomic E-state index is 12.0. The zero-order valence-corrected chi connectivity index (χ0v) is 18.7. The first-order valence-electron chi connectivity index (χ1n) is 9.75. The van der Waals surface area contributed by atoms with Gasteiger partial charge in [0, 0.05) is 5.56 Å². The average Bonchev–Trinajstić information content (AvgIpc) is 3.21. The molecule has 0 saturated heterocycles. The molecule has 7 heteroatoms. The Morgan fingerprint density at radius 2 is 1.87 bits per heavy atom. The summed E-state index contributed by atoms with van der Waals surface area (Å²) in [7, 11) is 1.56. The van der Waals surface area contributed by atoms with Crippen molar-refractivity contribution in [2.75, 3.05) is 13.7 Å². The molecule has 0 radical (unpaired) electrons. The number of benzene rings is 2. The summed E-state index contributed by atoms with van der Waals surface area (Å²) in [5, 5.41) is 4.40. The average molecular weight is 441 g/mol. The van der Waals surface area contributed by atoms with Gasteiger partial charge in [-0.1, -0.05) is 44.5 Å². The molecule has 0 bridgehead atoms. The molecule has 1 N–H and O–H groups in total. The number of hydrogen-bond donors (Lipinski definition) is 1. The summed E-state index contributed by atoms with van der Waals surface area (Å²) in [6, 6.07) is 16.6. The van der Waals surface area contributed by atoms with Crippen molar-refractivity contribution in [1.82, 2.24) is 5.43 Å². The molecule has 1 heterocycles. The second kappa shape index (κ2) is 9.71. The minimum absolute atomic E-state index is 0.0654. The molecule has 2 aromatic carbocycles. The van der Waals surface area contributed by atoms with Crippen LogP contribution in [-0.4, -0.2) is 25.8 Å². The Labute approximate surface area is 186 Å². The molecular weight excluding hydrogens is 416 g/mol. The predicted molar refractivity (Wildman–Crippen MR) is 122 cm³/mol. The Bertz CT molecular complexity index is 1070. The van der Waals surface area contributed by atoms with Gasteiger partial charge in [0.2, 0.25) is 0 Å². The molecular formula is C24H25ClN2O4. The Kier molecular flexibility index (Phi) is 7.02. The predicted octanol–water partition coefficient (Wildman–Crippen LogP) is 5.44. The number of carbonyl (C=O) groups excluding carboxylic acids is 1. The van der Waals surface area contributed by atoms with Crippen LogP contribution < -0.4 is 14.9 Å². The second-order valence-electron chi connectivity index (χ2n) is 7.91. The van der Waals surface area contributed by atoms with Crippen LogP contribution in [0.2, 0.25) is 5.02 Å². The molecule has 1 amide bonds. The summed E-state index contributed by atoms with van der Waals surface area (Å²) >= 11 is 6.15. The van der Waals surface area contributed by atoms with Crippen LogP contribution in [0.3, 0.4) is 0 Å². The number of carbonyl (C=O) groups is 1. The highest BCUT2D eigenvalue weighted by Crippen LogP contribution is 2.30. The normalized spacial score (nSPS) is 11.5. The first-order chi connectivity index (χ1) is 14.8. The van der Waals surface area contributed by atoms with Crippen LogP contribution >= 0.6 is 11.6 Å². The van der Waals surface area contributed by atoms with Crippen molar-refractivity contribution in [3.8, 4) is 22.8 Å². The van der Waals surface area contributed by atoms with E-state index in [0.29, 0.717) is 28.0 Å². The number of methoxy groups -OCH3 is 1. The fourth-order valence-electron chi connectivity index (χ4n) is 2.80. The molecule has 0 unspecified atom stereocenters. The highest BCUT2D eigenvalue weighted by molar-refractivity contribution is 6.32. The smallest absolute Gasteiger partial charge is 0.277 e. The van der Waals surface area contributed by atoms with Gasteiger partial charge in [0.05, 0.1) is 18.3 Å². The Morgan fingerprint density at radius 3 is 2.52 bits per heavy atom. The van der Waals surface area contributed by atoms with Crippen molar-refractivity contribution in [3.05, 3.63) is 70.9 Å². The van der Waals surface area contributed by atoms with Gasteiger partial charge >= 0.3 is 0 Å². The largest absolute Gasteiger partial charge is 0.495 e. The molecule has 6 nitrogen and oxygen atoms in total. The third-order valence-corrected chi connectivity index (χ3v) is 4.83. The van der Waals surface area contributed by atoms with Crippen molar-refractivity contribution >= 4 is 23.7 Å². The van der Waals surface area contributed by atoms with Gasteiger partial charge in [-0.2, -0.15) is 5.10 Å². The fourth-order valence-corrected chi connectivity index (χ4v) is 3.05. The van der Waals surface area contributed by atoms with E-state index in [1.807, 2.05) is 30.3 Å². The first-order valence-corrected chi connectivity index (χ1v) is 10.1. The molecule has 0 fully saturated rings. The molecule has 0 aliphatic heterocycles. The van der Waals surface area contributed by atoms with E-state index in [4.69, 9.17) is 25.5 Å². The number of amides is 1. The van der Waals surface area contributed by atoms with E-state index in [-0.39, 0.29) is 17.9 Å². The number of halogens is 1. The summed E-state index contributed by atoms with van der Waals surface area (Å²) < 4.78 is 16.4. The fraction of sp³-hybridized carbons (Fsp3) is 0.250. The van der Waals surface area contributed by atoms with Gasteiger partial charge in [-0.15, -0.1) is 0 Å². The lowest BCUT2D eigenvalue weighted by Gasteiger charge is -2.19. The van der Waals surface area contributed by atoms with Crippen molar-refractivity contribution in [2.24, 2.45) is 5.10 Å². The molecule has 1 aromatic heterocycles. The number of hydrazone groups is 1. The number of nitrogens with one attached hydrogen (secondary N) is 1. The van der Waals surface area contributed by atoms with E-state index < -0.39 is 0 Å². The Balaban J connectivity index is 1.50. The monoisotopic (exact) mass is 440 g/mol. The van der Waals surface area contributed by atoms with Crippen molar-refractivity contribution in [1.29, 1.82) is 0 Å². The van der Waals surface area contributed by atoms with Crippen LogP contribution in [0.15, 0.2) is 64.1 Å². The molecule has 162 valence electrons. The lowest BCUT2D eigenvalue weighted by atomic mass is 9.87. The third kappa shape index (κ3) is 6.12. The molecule has 3 rings (SSSR count). The SMILES string of the molecule is COc1ccc(-c2ccc(/C=N\NC(=O)COc3ccc(C(C)(C)C)cc3)o2)cc1Cl. The van der Waals surface area contributed by atoms with Gasteiger partial charge in [0.15, 0.2) is 6.61 Å². The molecule has 0 saturated carbocycles. The minimum Gasteiger partial charge on any atom is -0.495 e. The van der Waals surface area contributed by atoms with Gasteiger partial charge in [0.1, 0.15) is 23.0 Å². The molecule has 0 aliphatic carbocycles. The van der Waals surface area contributed by atoms with Crippen LogP contribution in [0.4, 0.5) is 0 Å². The number of rotatable bonds is 7. The lowest BCUT2D eigenvalue weighted by Crippen LogP contribution is -2.24. The molecule has 31 heavy (non-hydrogen) atoms. The van der Waals surface area contributed by atoms with E-state index in [2.05, 4.69) is 31.3 Å². The molecule has 0 aliphatic rings. The van der Waals surface area contributed by atoms with E-state index in [9.17, 15) is 4.79 Å². The van der Waals surface area contributed by atoms with Crippen LogP contribution in [0.1, 0.15) is 32.1 Å².